The molecule has 0 bridgehead atoms. The summed E-state index contributed by atoms with van der Waals surface area (Å²) in [6.45, 7) is 8.68. The lowest BCUT2D eigenvalue weighted by Crippen LogP contribution is -2.42. The van der Waals surface area contributed by atoms with Gasteiger partial charge in [-0.05, 0) is 67.0 Å². The normalized spacial score (nSPS) is 18.6. The fourth-order valence-corrected chi connectivity index (χ4v) is 4.63. The zero-order chi connectivity index (χ0) is 24.2. The molecule has 1 aliphatic heterocycles. The molecule has 2 aromatic rings. The van der Waals surface area contributed by atoms with Gasteiger partial charge in [0, 0.05) is 12.6 Å². The molecule has 0 aliphatic carbocycles. The molecule has 2 aromatic carbocycles. The molecule has 1 aliphatic rings. The molecule has 3 rings (SSSR count). The third-order valence-corrected chi connectivity index (χ3v) is 6.77. The van der Waals surface area contributed by atoms with Crippen LogP contribution in [-0.2, 0) is 23.1 Å². The van der Waals surface area contributed by atoms with Crippen LogP contribution in [-0.4, -0.2) is 41.1 Å². The number of benzene rings is 2. The summed E-state index contributed by atoms with van der Waals surface area (Å²) in [5.41, 5.74) is 3.46. The van der Waals surface area contributed by atoms with Crippen molar-refractivity contribution in [3.05, 3.63) is 53.1 Å². The number of aromatic hydroxyl groups is 1. The van der Waals surface area contributed by atoms with E-state index in [1.165, 1.54) is 17.3 Å². The highest BCUT2D eigenvalue weighted by atomic mass is 32.2. The predicted molar refractivity (Wildman–Crippen MR) is 134 cm³/mol. The largest absolute Gasteiger partial charge is 0.508 e. The van der Waals surface area contributed by atoms with Gasteiger partial charge in [0.25, 0.3) is 0 Å². The summed E-state index contributed by atoms with van der Waals surface area (Å²) in [6.07, 6.45) is 2.15. The Balaban J connectivity index is 1.64. The number of carbonyl (C=O) groups excluding carboxylic acids is 1. The van der Waals surface area contributed by atoms with E-state index >= 15 is 0 Å². The second kappa shape index (κ2) is 10.1. The highest BCUT2D eigenvalue weighted by Crippen LogP contribution is 2.41. The Bertz CT molecular complexity index is 1000. The Morgan fingerprint density at radius 3 is 2.64 bits per heavy atom. The minimum absolute atomic E-state index is 0.0885. The molecule has 7 heteroatoms. The molecule has 1 heterocycles. The number of phenols is 1. The molecular formula is C26H34N2O4S. The van der Waals surface area contributed by atoms with E-state index in [0.717, 1.165) is 41.0 Å². The third-order valence-electron chi connectivity index (χ3n) is 5.93. The topological polar surface area (TPSA) is 91.6 Å². The van der Waals surface area contributed by atoms with Gasteiger partial charge in [-0.25, -0.2) is 0 Å². The van der Waals surface area contributed by atoms with Crippen LogP contribution in [0.3, 0.4) is 0 Å². The Kier molecular flexibility index (Phi) is 7.62. The predicted octanol–water partition coefficient (Wildman–Crippen LogP) is 4.85. The van der Waals surface area contributed by atoms with Crippen molar-refractivity contribution in [2.24, 2.45) is 0 Å². The van der Waals surface area contributed by atoms with E-state index in [1.807, 2.05) is 36.4 Å². The number of fused-ring (bicyclic) bond motifs is 1. The van der Waals surface area contributed by atoms with Gasteiger partial charge in [-0.15, -0.1) is 11.8 Å². The highest BCUT2D eigenvalue weighted by molar-refractivity contribution is 8.13. The molecule has 178 valence electrons. The molecule has 1 amide bonds. The minimum Gasteiger partial charge on any atom is -0.508 e. The third kappa shape index (κ3) is 6.22. The molecule has 6 nitrogen and oxygen atoms in total. The number of amides is 1. The van der Waals surface area contributed by atoms with Crippen LogP contribution in [0, 0.1) is 5.41 Å². The van der Waals surface area contributed by atoms with Crippen LogP contribution in [0.4, 0.5) is 0 Å². The summed E-state index contributed by atoms with van der Waals surface area (Å²) in [4.78, 5) is 12.0. The molecular weight excluding hydrogens is 436 g/mol. The zero-order valence-corrected chi connectivity index (χ0v) is 20.8. The van der Waals surface area contributed by atoms with Crippen molar-refractivity contribution in [3.8, 4) is 17.2 Å². The maximum Gasteiger partial charge on any atom is 0.233 e. The Morgan fingerprint density at radius 2 is 2.03 bits per heavy atom. The lowest BCUT2D eigenvalue weighted by atomic mass is 9.84. The number of carbonyl (C=O) groups is 1. The van der Waals surface area contributed by atoms with Gasteiger partial charge in [0.05, 0.1) is 10.8 Å². The van der Waals surface area contributed by atoms with E-state index in [-0.39, 0.29) is 16.6 Å². The summed E-state index contributed by atoms with van der Waals surface area (Å²) >= 11 is 1.20. The fraction of sp³-hybridized carbons (Fsp3) is 0.462. The summed E-state index contributed by atoms with van der Waals surface area (Å²) in [6, 6.07) is 11.5. The molecule has 2 unspecified atom stereocenters. The summed E-state index contributed by atoms with van der Waals surface area (Å²) in [5.74, 6) is 1.79. The van der Waals surface area contributed by atoms with Crippen molar-refractivity contribution in [3.63, 3.8) is 0 Å². The first-order valence-corrected chi connectivity index (χ1v) is 12.1. The standard InChI is InChI=1S/C26H34N2O4S/c1-25(2,3)20-14-22-18(13-21(20)29)10-11-26(4,32-22)15-31-19-8-6-17(7-9-19)12-23(33-16-27)24(30)28-5/h6-9,13-14,16,23,27,29H,10-12,15H2,1-5H3,(H,28,30). The van der Waals surface area contributed by atoms with Crippen LogP contribution < -0.4 is 14.8 Å². The lowest BCUT2D eigenvalue weighted by molar-refractivity contribution is -0.120. The van der Waals surface area contributed by atoms with Crippen LogP contribution in [0.5, 0.6) is 17.2 Å². The molecule has 3 N–H and O–H groups in total. The van der Waals surface area contributed by atoms with Gasteiger partial charge in [-0.1, -0.05) is 32.9 Å². The van der Waals surface area contributed by atoms with E-state index in [1.54, 1.807) is 7.05 Å². The SMILES string of the molecule is CNC(=O)C(Cc1ccc(OCC2(C)CCc3cc(O)c(C(C)(C)C)cc3O2)cc1)SC=N. The Morgan fingerprint density at radius 1 is 1.33 bits per heavy atom. The van der Waals surface area contributed by atoms with Crippen molar-refractivity contribution in [2.45, 2.75) is 63.2 Å². The van der Waals surface area contributed by atoms with Crippen LogP contribution in [0.1, 0.15) is 50.8 Å². The first-order valence-electron chi connectivity index (χ1n) is 11.2. The monoisotopic (exact) mass is 470 g/mol. The van der Waals surface area contributed by atoms with E-state index < -0.39 is 5.60 Å². The van der Waals surface area contributed by atoms with Crippen molar-refractivity contribution in [1.82, 2.24) is 5.32 Å². The number of thioether (sulfide) groups is 1. The summed E-state index contributed by atoms with van der Waals surface area (Å²) in [5, 5.41) is 20.0. The fourth-order valence-electron chi connectivity index (χ4n) is 3.94. The average molecular weight is 471 g/mol. The molecule has 0 aromatic heterocycles. The number of ether oxygens (including phenoxy) is 2. The van der Waals surface area contributed by atoms with Gasteiger partial charge >= 0.3 is 0 Å². The number of rotatable bonds is 8. The number of aryl methyl sites for hydroxylation is 1. The van der Waals surface area contributed by atoms with Gasteiger partial charge in [-0.2, -0.15) is 0 Å². The summed E-state index contributed by atoms with van der Waals surface area (Å²) < 4.78 is 12.4. The maximum absolute atomic E-state index is 12.0. The smallest absolute Gasteiger partial charge is 0.233 e. The highest BCUT2D eigenvalue weighted by Gasteiger charge is 2.34. The van der Waals surface area contributed by atoms with E-state index in [0.29, 0.717) is 18.8 Å². The van der Waals surface area contributed by atoms with Crippen molar-refractivity contribution in [2.75, 3.05) is 13.7 Å². The van der Waals surface area contributed by atoms with Gasteiger partial charge in [0.2, 0.25) is 5.91 Å². The van der Waals surface area contributed by atoms with Crippen molar-refractivity contribution in [1.29, 1.82) is 5.41 Å². The Labute approximate surface area is 200 Å². The molecule has 0 radical (unpaired) electrons. The first-order chi connectivity index (χ1) is 15.5. The number of hydrogen-bond donors (Lipinski definition) is 3. The molecule has 0 saturated carbocycles. The zero-order valence-electron chi connectivity index (χ0n) is 20.0. The average Bonchev–Trinajstić information content (AvgIpc) is 2.77. The lowest BCUT2D eigenvalue weighted by Gasteiger charge is -2.36. The second-order valence-electron chi connectivity index (χ2n) is 9.77. The number of phenolic OH excluding ortho intramolecular Hbond substituents is 1. The number of nitrogens with one attached hydrogen (secondary N) is 2. The van der Waals surface area contributed by atoms with Crippen LogP contribution in [0.25, 0.3) is 0 Å². The van der Waals surface area contributed by atoms with Crippen LogP contribution >= 0.6 is 11.8 Å². The maximum atomic E-state index is 12.0. The summed E-state index contributed by atoms with van der Waals surface area (Å²) in [7, 11) is 1.61. The number of hydrogen-bond acceptors (Lipinski definition) is 6. The van der Waals surface area contributed by atoms with Crippen molar-refractivity contribution >= 4 is 23.2 Å². The quantitative estimate of drug-likeness (QED) is 0.379. The molecule has 2 atom stereocenters. The molecule has 33 heavy (non-hydrogen) atoms. The molecule has 0 fully saturated rings. The minimum atomic E-state index is -0.470. The van der Waals surface area contributed by atoms with E-state index in [4.69, 9.17) is 14.9 Å². The van der Waals surface area contributed by atoms with Crippen LogP contribution in [0.15, 0.2) is 36.4 Å². The van der Waals surface area contributed by atoms with Gasteiger partial charge in [-0.3, -0.25) is 4.79 Å². The van der Waals surface area contributed by atoms with E-state index in [9.17, 15) is 9.90 Å². The first kappa shape index (κ1) is 25.0. The van der Waals surface area contributed by atoms with E-state index in [2.05, 4.69) is 33.0 Å². The van der Waals surface area contributed by atoms with Crippen LogP contribution in [0.2, 0.25) is 0 Å². The Hall–Kier alpha value is -2.67. The van der Waals surface area contributed by atoms with Gasteiger partial charge < -0.3 is 25.3 Å². The second-order valence-corrected chi connectivity index (χ2v) is 10.8. The van der Waals surface area contributed by atoms with Gasteiger partial charge in [0.1, 0.15) is 29.5 Å². The van der Waals surface area contributed by atoms with Crippen molar-refractivity contribution < 1.29 is 19.4 Å². The molecule has 0 spiro atoms. The van der Waals surface area contributed by atoms with Gasteiger partial charge in [0.15, 0.2) is 0 Å². The molecule has 0 saturated heterocycles.